The molecule has 37 heavy (non-hydrogen) atoms. The van der Waals surface area contributed by atoms with Crippen molar-refractivity contribution in [3.8, 4) is 11.3 Å². The number of aryl methyl sites for hydroxylation is 1. The SMILES string of the molecule is Cn1cnc(COC(=O)NC2CCc3c2c(-c2ccccc2)n(C)c3C(=O)Nc2ccc(F)c(Cl)c2)n1. The van der Waals surface area contributed by atoms with Crippen molar-refractivity contribution in [2.75, 3.05) is 5.32 Å². The van der Waals surface area contributed by atoms with Crippen molar-refractivity contribution in [1.29, 1.82) is 0 Å². The first-order valence-corrected chi connectivity index (χ1v) is 12.0. The molecule has 1 atom stereocenters. The summed E-state index contributed by atoms with van der Waals surface area (Å²) in [5, 5.41) is 9.78. The monoisotopic (exact) mass is 522 g/mol. The molecule has 2 N–H and O–H groups in total. The second-order valence-corrected chi connectivity index (χ2v) is 9.15. The maximum absolute atomic E-state index is 13.6. The zero-order valence-electron chi connectivity index (χ0n) is 20.2. The van der Waals surface area contributed by atoms with Gasteiger partial charge >= 0.3 is 6.09 Å². The molecule has 1 unspecified atom stereocenters. The van der Waals surface area contributed by atoms with Crippen LogP contribution in [0.3, 0.4) is 0 Å². The van der Waals surface area contributed by atoms with Crippen LogP contribution in [0.4, 0.5) is 14.9 Å². The number of halogens is 2. The smallest absolute Gasteiger partial charge is 0.408 e. The van der Waals surface area contributed by atoms with Crippen LogP contribution >= 0.6 is 11.6 Å². The number of benzene rings is 2. The Hall–Kier alpha value is -4.18. The lowest BCUT2D eigenvalue weighted by Gasteiger charge is -2.17. The predicted molar refractivity (Wildman–Crippen MR) is 136 cm³/mol. The Morgan fingerprint density at radius 3 is 2.68 bits per heavy atom. The van der Waals surface area contributed by atoms with Crippen LogP contribution in [0, 0.1) is 5.82 Å². The molecule has 0 spiro atoms. The molecule has 0 radical (unpaired) electrons. The second kappa shape index (κ2) is 10.1. The molecule has 0 aliphatic heterocycles. The number of nitrogens with zero attached hydrogens (tertiary/aromatic N) is 4. The molecule has 0 fully saturated rings. The van der Waals surface area contributed by atoms with Crippen LogP contribution < -0.4 is 10.6 Å². The summed E-state index contributed by atoms with van der Waals surface area (Å²) in [6.07, 6.45) is 2.11. The van der Waals surface area contributed by atoms with Crippen molar-refractivity contribution < 1.29 is 18.7 Å². The van der Waals surface area contributed by atoms with E-state index in [0.717, 1.165) is 22.4 Å². The van der Waals surface area contributed by atoms with E-state index < -0.39 is 11.9 Å². The van der Waals surface area contributed by atoms with Gasteiger partial charge in [-0.3, -0.25) is 9.48 Å². The fourth-order valence-electron chi connectivity index (χ4n) is 4.73. The molecule has 9 nitrogen and oxygen atoms in total. The molecular weight excluding hydrogens is 499 g/mol. The molecule has 5 rings (SSSR count). The van der Waals surface area contributed by atoms with Gasteiger partial charge in [0.1, 0.15) is 17.8 Å². The van der Waals surface area contributed by atoms with E-state index in [2.05, 4.69) is 20.7 Å². The number of aromatic nitrogens is 4. The van der Waals surface area contributed by atoms with Gasteiger partial charge in [-0.1, -0.05) is 41.9 Å². The third-order valence-electron chi connectivity index (χ3n) is 6.28. The maximum atomic E-state index is 13.6. The van der Waals surface area contributed by atoms with Crippen molar-refractivity contribution in [2.24, 2.45) is 14.1 Å². The van der Waals surface area contributed by atoms with Crippen LogP contribution in [-0.4, -0.2) is 31.3 Å². The minimum atomic E-state index is -0.597. The summed E-state index contributed by atoms with van der Waals surface area (Å²) in [4.78, 5) is 30.1. The van der Waals surface area contributed by atoms with Crippen LogP contribution in [-0.2, 0) is 31.9 Å². The van der Waals surface area contributed by atoms with Crippen LogP contribution in [0.5, 0.6) is 0 Å². The highest BCUT2D eigenvalue weighted by Crippen LogP contribution is 2.42. The Balaban J connectivity index is 1.44. The van der Waals surface area contributed by atoms with E-state index >= 15 is 0 Å². The number of carbonyl (C=O) groups is 2. The molecule has 1 aliphatic carbocycles. The highest BCUT2D eigenvalue weighted by Gasteiger charge is 2.36. The summed E-state index contributed by atoms with van der Waals surface area (Å²) in [5.41, 5.74) is 4.28. The molecule has 2 aromatic heterocycles. The van der Waals surface area contributed by atoms with Crippen LogP contribution in [0.25, 0.3) is 11.3 Å². The zero-order chi connectivity index (χ0) is 26.1. The fraction of sp³-hybridized carbons (Fsp3) is 0.231. The first kappa shape index (κ1) is 24.5. The Morgan fingerprint density at radius 1 is 1.19 bits per heavy atom. The molecule has 0 saturated carbocycles. The molecular formula is C26H24ClFN6O3. The fourth-order valence-corrected chi connectivity index (χ4v) is 4.91. The van der Waals surface area contributed by atoms with E-state index in [9.17, 15) is 14.0 Å². The Bertz CT molecular complexity index is 1480. The number of anilines is 1. The van der Waals surface area contributed by atoms with Crippen molar-refractivity contribution >= 4 is 29.3 Å². The van der Waals surface area contributed by atoms with Crippen LogP contribution in [0.1, 0.15) is 39.9 Å². The summed E-state index contributed by atoms with van der Waals surface area (Å²) in [7, 11) is 3.55. The molecule has 11 heteroatoms. The average molecular weight is 523 g/mol. The number of fused-ring (bicyclic) bond motifs is 1. The predicted octanol–water partition coefficient (Wildman–Crippen LogP) is 4.78. The number of hydrogen-bond acceptors (Lipinski definition) is 5. The van der Waals surface area contributed by atoms with E-state index in [1.54, 1.807) is 7.05 Å². The van der Waals surface area contributed by atoms with Crippen molar-refractivity contribution in [1.82, 2.24) is 24.6 Å². The summed E-state index contributed by atoms with van der Waals surface area (Å²) >= 11 is 5.89. The summed E-state index contributed by atoms with van der Waals surface area (Å²) in [6, 6.07) is 13.3. The van der Waals surface area contributed by atoms with Gasteiger partial charge in [0.15, 0.2) is 12.4 Å². The van der Waals surface area contributed by atoms with E-state index in [1.165, 1.54) is 29.2 Å². The number of ether oxygens (including phenoxy) is 1. The molecule has 2 amide bonds. The third-order valence-corrected chi connectivity index (χ3v) is 6.57. The topological polar surface area (TPSA) is 103 Å². The van der Waals surface area contributed by atoms with Gasteiger partial charge in [-0.25, -0.2) is 14.2 Å². The van der Waals surface area contributed by atoms with Gasteiger partial charge in [0.2, 0.25) is 0 Å². The van der Waals surface area contributed by atoms with Gasteiger partial charge < -0.3 is 19.9 Å². The normalized spacial score (nSPS) is 14.3. The Morgan fingerprint density at radius 2 is 1.97 bits per heavy atom. The van der Waals surface area contributed by atoms with E-state index in [-0.39, 0.29) is 23.6 Å². The van der Waals surface area contributed by atoms with Gasteiger partial charge in [0, 0.05) is 25.3 Å². The van der Waals surface area contributed by atoms with E-state index in [0.29, 0.717) is 30.0 Å². The van der Waals surface area contributed by atoms with Gasteiger partial charge in [-0.2, -0.15) is 5.10 Å². The molecule has 0 saturated heterocycles. The van der Waals surface area contributed by atoms with Crippen molar-refractivity contribution in [2.45, 2.75) is 25.5 Å². The quantitative estimate of drug-likeness (QED) is 0.379. The Kier molecular flexibility index (Phi) is 6.66. The van der Waals surface area contributed by atoms with Gasteiger partial charge in [0.25, 0.3) is 5.91 Å². The highest BCUT2D eigenvalue weighted by molar-refractivity contribution is 6.31. The zero-order valence-corrected chi connectivity index (χ0v) is 20.9. The largest absolute Gasteiger partial charge is 0.441 e. The highest BCUT2D eigenvalue weighted by atomic mass is 35.5. The molecule has 2 heterocycles. The summed E-state index contributed by atoms with van der Waals surface area (Å²) in [6.45, 7) is -0.0551. The van der Waals surface area contributed by atoms with E-state index in [4.69, 9.17) is 16.3 Å². The lowest BCUT2D eigenvalue weighted by atomic mass is 10.0. The lowest BCUT2D eigenvalue weighted by molar-refractivity contribution is 0.101. The van der Waals surface area contributed by atoms with Crippen LogP contribution in [0.15, 0.2) is 54.9 Å². The number of rotatable bonds is 6. The molecule has 1 aliphatic rings. The van der Waals surface area contributed by atoms with Crippen LogP contribution in [0.2, 0.25) is 5.02 Å². The Labute approximate surface area is 217 Å². The molecule has 2 aromatic carbocycles. The third kappa shape index (κ3) is 4.92. The maximum Gasteiger partial charge on any atom is 0.408 e. The molecule has 4 aromatic rings. The average Bonchev–Trinajstić information content (AvgIpc) is 3.55. The number of nitrogens with one attached hydrogen (secondary N) is 2. The number of amides is 2. The molecule has 0 bridgehead atoms. The minimum Gasteiger partial charge on any atom is -0.441 e. The van der Waals surface area contributed by atoms with Gasteiger partial charge in [-0.15, -0.1) is 0 Å². The minimum absolute atomic E-state index is 0.0551. The number of alkyl carbamates (subject to hydrolysis) is 1. The van der Waals surface area contributed by atoms with E-state index in [1.807, 2.05) is 41.9 Å². The van der Waals surface area contributed by atoms with Crippen molar-refractivity contribution in [3.05, 3.63) is 88.3 Å². The first-order valence-electron chi connectivity index (χ1n) is 11.6. The summed E-state index contributed by atoms with van der Waals surface area (Å²) < 4.78 is 22.3. The van der Waals surface area contributed by atoms with Gasteiger partial charge in [-0.05, 0) is 42.2 Å². The first-order chi connectivity index (χ1) is 17.8. The standard InChI is InChI=1S/C26H24ClFN6O3/c1-33-14-29-21(32-33)13-37-26(36)31-20-11-9-17-22(20)23(15-6-4-3-5-7-15)34(2)24(17)25(35)30-16-8-10-19(28)18(27)12-16/h3-8,10,12,14,20H,9,11,13H2,1-2H3,(H,30,35)(H,31,36). The lowest BCUT2D eigenvalue weighted by Crippen LogP contribution is -2.28. The second-order valence-electron chi connectivity index (χ2n) is 8.74. The molecule has 190 valence electrons. The van der Waals surface area contributed by atoms with Gasteiger partial charge in [0.05, 0.1) is 16.8 Å². The van der Waals surface area contributed by atoms with Crippen molar-refractivity contribution in [3.63, 3.8) is 0 Å². The number of hydrogen-bond donors (Lipinski definition) is 2. The number of carbonyl (C=O) groups excluding carboxylic acids is 2. The summed E-state index contributed by atoms with van der Waals surface area (Å²) in [5.74, 6) is -0.521.